The maximum absolute atomic E-state index is 13.7. The van der Waals surface area contributed by atoms with Crippen molar-refractivity contribution >= 4 is 11.6 Å². The van der Waals surface area contributed by atoms with Gasteiger partial charge in [0.15, 0.2) is 0 Å². The highest BCUT2D eigenvalue weighted by Gasteiger charge is 2.34. The van der Waals surface area contributed by atoms with Crippen molar-refractivity contribution in [3.63, 3.8) is 0 Å². The van der Waals surface area contributed by atoms with Gasteiger partial charge in [0.2, 0.25) is 5.91 Å². The lowest BCUT2D eigenvalue weighted by atomic mass is 9.95. The number of benzene rings is 2. The molecule has 230 valence electrons. The molecule has 0 radical (unpaired) electrons. The Labute approximate surface area is 247 Å². The van der Waals surface area contributed by atoms with Crippen molar-refractivity contribution in [2.45, 2.75) is 91.8 Å². The summed E-state index contributed by atoms with van der Waals surface area (Å²) in [4.78, 5) is 16.6. The lowest BCUT2D eigenvalue weighted by Gasteiger charge is -2.33. The monoisotopic (exact) mass is 575 g/mol. The SMILES string of the molecule is C=CCCC.CC.CCCC(C)c1ccc(CCC(=O)Nc2ccc(CN3CCN(C)CC3)c(C(F)(F)F)c2)cc1. The van der Waals surface area contributed by atoms with Crippen LogP contribution in [0, 0.1) is 0 Å². The third-order valence-corrected chi connectivity index (χ3v) is 7.09. The first-order valence-corrected chi connectivity index (χ1v) is 15.2. The Morgan fingerprint density at radius 1 is 1.02 bits per heavy atom. The number of likely N-dealkylation sites (N-methyl/N-ethyl adjacent to an activating group) is 1. The minimum Gasteiger partial charge on any atom is -0.326 e. The van der Waals surface area contributed by atoms with Gasteiger partial charge >= 0.3 is 6.18 Å². The Kier molecular flexibility index (Phi) is 17.3. The number of rotatable bonds is 11. The quantitative estimate of drug-likeness (QED) is 0.272. The molecule has 1 saturated heterocycles. The van der Waals surface area contributed by atoms with E-state index in [2.05, 4.69) is 49.7 Å². The van der Waals surface area contributed by atoms with Crippen molar-refractivity contribution in [3.05, 3.63) is 77.4 Å². The number of nitrogens with one attached hydrogen (secondary N) is 1. The molecule has 41 heavy (non-hydrogen) atoms. The molecular formula is C34H52F3N3O. The molecule has 1 heterocycles. The van der Waals surface area contributed by atoms with Crippen LogP contribution in [0.2, 0.25) is 0 Å². The Morgan fingerprint density at radius 3 is 2.17 bits per heavy atom. The van der Waals surface area contributed by atoms with Crippen LogP contribution in [0.15, 0.2) is 55.1 Å². The Balaban J connectivity index is 0.00000108. The summed E-state index contributed by atoms with van der Waals surface area (Å²) in [5.41, 5.74) is 2.07. The van der Waals surface area contributed by atoms with Gasteiger partial charge in [0.05, 0.1) is 5.56 Å². The fraction of sp³-hybridized carbons (Fsp3) is 0.559. The number of piperazine rings is 1. The van der Waals surface area contributed by atoms with E-state index in [1.165, 1.54) is 18.1 Å². The van der Waals surface area contributed by atoms with Crippen molar-refractivity contribution in [2.24, 2.45) is 0 Å². The zero-order valence-corrected chi connectivity index (χ0v) is 26.1. The number of amides is 1. The van der Waals surface area contributed by atoms with E-state index < -0.39 is 11.7 Å². The van der Waals surface area contributed by atoms with E-state index >= 15 is 0 Å². The normalized spacial score (nSPS) is 14.7. The van der Waals surface area contributed by atoms with Gasteiger partial charge in [0.1, 0.15) is 0 Å². The molecule has 4 nitrogen and oxygen atoms in total. The Bertz CT molecular complexity index is 1010. The van der Waals surface area contributed by atoms with Crippen molar-refractivity contribution in [1.29, 1.82) is 0 Å². The number of alkyl halides is 3. The second kappa shape index (κ2) is 19.5. The Hall–Kier alpha value is -2.64. The minimum absolute atomic E-state index is 0.184. The molecular weight excluding hydrogens is 523 g/mol. The summed E-state index contributed by atoms with van der Waals surface area (Å²) in [6, 6.07) is 12.4. The highest BCUT2D eigenvalue weighted by molar-refractivity contribution is 5.91. The number of halogens is 3. The molecule has 1 atom stereocenters. The lowest BCUT2D eigenvalue weighted by Crippen LogP contribution is -2.44. The molecule has 0 spiro atoms. The van der Waals surface area contributed by atoms with Crippen molar-refractivity contribution < 1.29 is 18.0 Å². The van der Waals surface area contributed by atoms with Crippen LogP contribution in [-0.2, 0) is 23.9 Å². The number of hydrogen-bond acceptors (Lipinski definition) is 3. The van der Waals surface area contributed by atoms with E-state index in [4.69, 9.17) is 0 Å². The molecule has 2 aromatic carbocycles. The number of carbonyl (C=O) groups is 1. The van der Waals surface area contributed by atoms with Crippen molar-refractivity contribution in [2.75, 3.05) is 38.5 Å². The average Bonchev–Trinajstić information content (AvgIpc) is 2.95. The average molecular weight is 576 g/mol. The topological polar surface area (TPSA) is 35.6 Å². The maximum Gasteiger partial charge on any atom is 0.416 e. The standard InChI is InChI=1S/C27H36F3N3O.C5H10.C2H6/c1-4-5-20(2)22-9-6-21(7-10-22)8-13-26(34)31-24-12-11-23(25(18-24)27(28,29)30)19-33-16-14-32(3)15-17-33;1-3-5-4-2;1-2/h6-7,9-12,18,20H,4-5,8,13-17,19H2,1-3H3,(H,31,34);3H,1,4-5H2,2H3;1-2H3. The first kappa shape index (κ1) is 36.4. The summed E-state index contributed by atoms with van der Waals surface area (Å²) in [7, 11) is 2.01. The van der Waals surface area contributed by atoms with Gasteiger partial charge in [-0.15, -0.1) is 6.58 Å². The van der Waals surface area contributed by atoms with Gasteiger partial charge in [0.25, 0.3) is 0 Å². The first-order chi connectivity index (χ1) is 19.6. The molecule has 2 aromatic rings. The second-order valence-electron chi connectivity index (χ2n) is 10.5. The zero-order chi connectivity index (χ0) is 30.8. The van der Waals surface area contributed by atoms with Gasteiger partial charge in [-0.1, -0.05) is 83.9 Å². The van der Waals surface area contributed by atoms with Crippen LogP contribution in [0.3, 0.4) is 0 Å². The number of hydrogen-bond donors (Lipinski definition) is 1. The molecule has 0 bridgehead atoms. The summed E-state index contributed by atoms with van der Waals surface area (Å²) in [6.45, 7) is 17.5. The molecule has 1 aliphatic rings. The molecule has 3 rings (SSSR count). The van der Waals surface area contributed by atoms with Crippen molar-refractivity contribution in [1.82, 2.24) is 9.80 Å². The van der Waals surface area contributed by atoms with E-state index in [9.17, 15) is 18.0 Å². The van der Waals surface area contributed by atoms with E-state index in [0.29, 0.717) is 12.3 Å². The fourth-order valence-electron chi connectivity index (χ4n) is 4.60. The van der Waals surface area contributed by atoms with Crippen molar-refractivity contribution in [3.8, 4) is 0 Å². The van der Waals surface area contributed by atoms with Gasteiger partial charge in [-0.2, -0.15) is 13.2 Å². The summed E-state index contributed by atoms with van der Waals surface area (Å²) in [6.07, 6.45) is 2.87. The van der Waals surface area contributed by atoms with E-state index in [0.717, 1.165) is 57.1 Å². The van der Waals surface area contributed by atoms with Crippen LogP contribution in [0.5, 0.6) is 0 Å². The van der Waals surface area contributed by atoms with Crippen LogP contribution >= 0.6 is 0 Å². The molecule has 1 aliphatic heterocycles. The predicted molar refractivity (Wildman–Crippen MR) is 167 cm³/mol. The number of aryl methyl sites for hydroxylation is 1. The van der Waals surface area contributed by atoms with Crippen LogP contribution in [0.1, 0.15) is 94.9 Å². The number of unbranched alkanes of at least 4 members (excludes halogenated alkanes) is 1. The molecule has 1 unspecified atom stereocenters. The zero-order valence-electron chi connectivity index (χ0n) is 26.1. The van der Waals surface area contributed by atoms with Gasteiger partial charge in [0, 0.05) is 44.8 Å². The molecule has 0 aromatic heterocycles. The van der Waals surface area contributed by atoms with Crippen LogP contribution in [0.25, 0.3) is 0 Å². The number of carbonyl (C=O) groups excluding carboxylic acids is 1. The first-order valence-electron chi connectivity index (χ1n) is 15.2. The molecule has 7 heteroatoms. The number of nitrogens with zero attached hydrogens (tertiary/aromatic N) is 2. The lowest BCUT2D eigenvalue weighted by molar-refractivity contribution is -0.138. The van der Waals surface area contributed by atoms with Crippen LogP contribution < -0.4 is 5.32 Å². The maximum atomic E-state index is 13.7. The van der Waals surface area contributed by atoms with E-state index in [-0.39, 0.29) is 30.1 Å². The third kappa shape index (κ3) is 13.7. The summed E-state index contributed by atoms with van der Waals surface area (Å²) >= 11 is 0. The number of anilines is 1. The molecule has 0 aliphatic carbocycles. The summed E-state index contributed by atoms with van der Waals surface area (Å²) < 4.78 is 41.2. The third-order valence-electron chi connectivity index (χ3n) is 7.09. The highest BCUT2D eigenvalue weighted by atomic mass is 19.4. The van der Waals surface area contributed by atoms with Gasteiger partial charge in [-0.3, -0.25) is 9.69 Å². The fourth-order valence-corrected chi connectivity index (χ4v) is 4.60. The van der Waals surface area contributed by atoms with Gasteiger partial charge in [-0.25, -0.2) is 0 Å². The smallest absolute Gasteiger partial charge is 0.326 e. The van der Waals surface area contributed by atoms with Gasteiger partial charge < -0.3 is 10.2 Å². The van der Waals surface area contributed by atoms with Crippen LogP contribution in [-0.4, -0.2) is 48.9 Å². The molecule has 0 saturated carbocycles. The highest BCUT2D eigenvalue weighted by Crippen LogP contribution is 2.34. The largest absolute Gasteiger partial charge is 0.416 e. The summed E-state index contributed by atoms with van der Waals surface area (Å²) in [5, 5.41) is 2.65. The van der Waals surface area contributed by atoms with E-state index in [1.807, 2.05) is 44.0 Å². The number of allylic oxidation sites excluding steroid dienone is 1. The second-order valence-corrected chi connectivity index (χ2v) is 10.5. The molecule has 1 N–H and O–H groups in total. The molecule has 1 fully saturated rings. The predicted octanol–water partition coefficient (Wildman–Crippen LogP) is 8.93. The van der Waals surface area contributed by atoms with Crippen LogP contribution in [0.4, 0.5) is 18.9 Å². The van der Waals surface area contributed by atoms with E-state index in [1.54, 1.807) is 6.07 Å². The summed E-state index contributed by atoms with van der Waals surface area (Å²) in [5.74, 6) is 0.216. The minimum atomic E-state index is -4.47. The molecule has 1 amide bonds. The Morgan fingerprint density at radius 2 is 1.66 bits per heavy atom. The van der Waals surface area contributed by atoms with Gasteiger partial charge in [-0.05, 0) is 61.1 Å².